The highest BCUT2D eigenvalue weighted by atomic mass is 16.4. The van der Waals surface area contributed by atoms with E-state index in [0.29, 0.717) is 6.42 Å². The first-order chi connectivity index (χ1) is 7.57. The summed E-state index contributed by atoms with van der Waals surface area (Å²) in [7, 11) is 3.78. The maximum Gasteiger partial charge on any atom is 0.308 e. The average Bonchev–Trinajstić information content (AvgIpc) is 2.25. The van der Waals surface area contributed by atoms with Gasteiger partial charge in [-0.05, 0) is 32.1 Å². The summed E-state index contributed by atoms with van der Waals surface area (Å²) in [6, 6.07) is 3.63. The van der Waals surface area contributed by atoms with Crippen LogP contribution in [0.5, 0.6) is 0 Å². The predicted octanol–water partition coefficient (Wildman–Crippen LogP) is 1.80. The minimum atomic E-state index is -0.759. The molecule has 0 saturated heterocycles. The van der Waals surface area contributed by atoms with Crippen LogP contribution in [0.2, 0.25) is 0 Å². The number of aromatic nitrogens is 1. The summed E-state index contributed by atoms with van der Waals surface area (Å²) in [6.45, 7) is 1.89. The van der Waals surface area contributed by atoms with Crippen molar-refractivity contribution in [2.24, 2.45) is 5.92 Å². The molecule has 1 heterocycles. The van der Waals surface area contributed by atoms with E-state index in [1.165, 1.54) is 0 Å². The second kappa shape index (κ2) is 5.61. The number of nitrogens with zero attached hydrogens (tertiary/aromatic N) is 2. The van der Waals surface area contributed by atoms with Gasteiger partial charge in [-0.3, -0.25) is 9.78 Å². The second-order valence-electron chi connectivity index (χ2n) is 4.05. The van der Waals surface area contributed by atoms with Gasteiger partial charge in [-0.25, -0.2) is 0 Å². The lowest BCUT2D eigenvalue weighted by Crippen LogP contribution is -2.32. The van der Waals surface area contributed by atoms with Gasteiger partial charge in [-0.2, -0.15) is 0 Å². The molecule has 0 spiro atoms. The Labute approximate surface area is 95.9 Å². The zero-order valence-corrected chi connectivity index (χ0v) is 9.92. The summed E-state index contributed by atoms with van der Waals surface area (Å²) in [5, 5.41) is 9.21. The molecular formula is C12H18N2O2. The summed E-state index contributed by atoms with van der Waals surface area (Å²) < 4.78 is 0. The number of carboxylic acids is 1. The Hall–Kier alpha value is -1.42. The van der Waals surface area contributed by atoms with Gasteiger partial charge in [-0.1, -0.05) is 13.0 Å². The fraction of sp³-hybridized carbons (Fsp3) is 0.500. The van der Waals surface area contributed by atoms with Crippen LogP contribution < -0.4 is 0 Å². The fourth-order valence-electron chi connectivity index (χ4n) is 1.97. The van der Waals surface area contributed by atoms with Crippen molar-refractivity contribution in [3.63, 3.8) is 0 Å². The standard InChI is InChI=1S/C12H18N2O2/c1-4-10(12(15)16)11(14(2)3)9-6-5-7-13-8-9/h5-8,10-11H,4H2,1-3H3,(H,15,16). The van der Waals surface area contributed by atoms with Crippen molar-refractivity contribution in [3.05, 3.63) is 30.1 Å². The molecule has 1 rings (SSSR count). The first kappa shape index (κ1) is 12.6. The van der Waals surface area contributed by atoms with Gasteiger partial charge < -0.3 is 10.0 Å². The fourth-order valence-corrected chi connectivity index (χ4v) is 1.97. The Bertz CT molecular complexity index is 338. The summed E-state index contributed by atoms with van der Waals surface area (Å²) in [5.41, 5.74) is 0.946. The molecule has 0 aliphatic heterocycles. The van der Waals surface area contributed by atoms with E-state index < -0.39 is 11.9 Å². The molecule has 16 heavy (non-hydrogen) atoms. The van der Waals surface area contributed by atoms with Gasteiger partial charge in [0.1, 0.15) is 0 Å². The van der Waals surface area contributed by atoms with Gasteiger partial charge in [0.25, 0.3) is 0 Å². The van der Waals surface area contributed by atoms with Gasteiger partial charge >= 0.3 is 5.97 Å². The Kier molecular flexibility index (Phi) is 4.43. The van der Waals surface area contributed by atoms with Gasteiger partial charge in [-0.15, -0.1) is 0 Å². The molecular weight excluding hydrogens is 204 g/mol. The minimum Gasteiger partial charge on any atom is -0.481 e. The Balaban J connectivity index is 3.04. The van der Waals surface area contributed by atoms with Crippen LogP contribution in [0.1, 0.15) is 24.9 Å². The molecule has 1 N–H and O–H groups in total. The van der Waals surface area contributed by atoms with Gasteiger partial charge in [0.2, 0.25) is 0 Å². The van der Waals surface area contributed by atoms with E-state index in [2.05, 4.69) is 4.98 Å². The first-order valence-electron chi connectivity index (χ1n) is 5.37. The quantitative estimate of drug-likeness (QED) is 0.825. The lowest BCUT2D eigenvalue weighted by Gasteiger charge is -2.29. The van der Waals surface area contributed by atoms with Crippen molar-refractivity contribution in [2.45, 2.75) is 19.4 Å². The molecule has 2 atom stereocenters. The number of carbonyl (C=O) groups is 1. The topological polar surface area (TPSA) is 53.4 Å². The summed E-state index contributed by atoms with van der Waals surface area (Å²) in [6.07, 6.45) is 4.03. The van der Waals surface area contributed by atoms with Crippen molar-refractivity contribution >= 4 is 5.97 Å². The highest BCUT2D eigenvalue weighted by molar-refractivity contribution is 5.71. The van der Waals surface area contributed by atoms with Gasteiger partial charge in [0.05, 0.1) is 5.92 Å². The van der Waals surface area contributed by atoms with E-state index in [9.17, 15) is 9.90 Å². The molecule has 0 bridgehead atoms. The Morgan fingerprint density at radius 3 is 2.62 bits per heavy atom. The summed E-state index contributed by atoms with van der Waals surface area (Å²) in [4.78, 5) is 17.2. The average molecular weight is 222 g/mol. The van der Waals surface area contributed by atoms with E-state index in [-0.39, 0.29) is 6.04 Å². The number of carboxylic acid groups (broad SMARTS) is 1. The molecule has 1 aromatic heterocycles. The summed E-state index contributed by atoms with van der Waals surface area (Å²) >= 11 is 0. The van der Waals surface area contributed by atoms with Crippen LogP contribution in [0, 0.1) is 5.92 Å². The third-order valence-corrected chi connectivity index (χ3v) is 2.72. The normalized spacial score (nSPS) is 14.8. The molecule has 0 aliphatic carbocycles. The van der Waals surface area contributed by atoms with Crippen molar-refractivity contribution < 1.29 is 9.90 Å². The molecule has 1 aromatic rings. The maximum atomic E-state index is 11.2. The predicted molar refractivity (Wildman–Crippen MR) is 62.1 cm³/mol. The molecule has 4 heteroatoms. The zero-order valence-electron chi connectivity index (χ0n) is 9.92. The van der Waals surface area contributed by atoms with E-state index in [1.807, 2.05) is 38.1 Å². The molecule has 2 unspecified atom stereocenters. The molecule has 0 radical (unpaired) electrons. The number of hydrogen-bond acceptors (Lipinski definition) is 3. The molecule has 0 aromatic carbocycles. The van der Waals surface area contributed by atoms with E-state index in [1.54, 1.807) is 12.4 Å². The van der Waals surface area contributed by atoms with E-state index >= 15 is 0 Å². The number of rotatable bonds is 5. The Morgan fingerprint density at radius 2 is 2.25 bits per heavy atom. The molecule has 0 amide bonds. The molecule has 88 valence electrons. The van der Waals surface area contributed by atoms with Crippen LogP contribution in [-0.2, 0) is 4.79 Å². The van der Waals surface area contributed by atoms with E-state index in [0.717, 1.165) is 5.56 Å². The summed E-state index contributed by atoms with van der Waals surface area (Å²) in [5.74, 6) is -1.16. The van der Waals surface area contributed by atoms with Crippen LogP contribution >= 0.6 is 0 Å². The van der Waals surface area contributed by atoms with Crippen molar-refractivity contribution in [1.82, 2.24) is 9.88 Å². The first-order valence-corrected chi connectivity index (χ1v) is 5.37. The van der Waals surface area contributed by atoms with Crippen LogP contribution in [0.4, 0.5) is 0 Å². The minimum absolute atomic E-state index is 0.129. The van der Waals surface area contributed by atoms with Gasteiger partial charge in [0.15, 0.2) is 0 Å². The molecule has 0 saturated carbocycles. The molecule has 0 fully saturated rings. The van der Waals surface area contributed by atoms with Crippen molar-refractivity contribution in [2.75, 3.05) is 14.1 Å². The SMILES string of the molecule is CCC(C(=O)O)C(c1cccnc1)N(C)C. The molecule has 0 aliphatic rings. The van der Waals surface area contributed by atoms with Crippen LogP contribution in [0.3, 0.4) is 0 Å². The highest BCUT2D eigenvalue weighted by Crippen LogP contribution is 2.28. The smallest absolute Gasteiger partial charge is 0.308 e. The van der Waals surface area contributed by atoms with E-state index in [4.69, 9.17) is 0 Å². The number of aliphatic carboxylic acids is 1. The van der Waals surface area contributed by atoms with Crippen LogP contribution in [0.15, 0.2) is 24.5 Å². The lowest BCUT2D eigenvalue weighted by atomic mass is 9.91. The third kappa shape index (κ3) is 2.79. The monoisotopic (exact) mass is 222 g/mol. The zero-order chi connectivity index (χ0) is 12.1. The van der Waals surface area contributed by atoms with Gasteiger partial charge in [0, 0.05) is 18.4 Å². The molecule has 4 nitrogen and oxygen atoms in total. The van der Waals surface area contributed by atoms with Crippen molar-refractivity contribution in [1.29, 1.82) is 0 Å². The highest BCUT2D eigenvalue weighted by Gasteiger charge is 2.29. The van der Waals surface area contributed by atoms with Crippen LogP contribution in [-0.4, -0.2) is 35.1 Å². The third-order valence-electron chi connectivity index (χ3n) is 2.72. The lowest BCUT2D eigenvalue weighted by molar-refractivity contribution is -0.144. The Morgan fingerprint density at radius 1 is 1.56 bits per heavy atom. The van der Waals surface area contributed by atoms with Crippen molar-refractivity contribution in [3.8, 4) is 0 Å². The maximum absolute atomic E-state index is 11.2. The second-order valence-corrected chi connectivity index (χ2v) is 4.05. The number of hydrogen-bond donors (Lipinski definition) is 1. The van der Waals surface area contributed by atoms with Crippen LogP contribution in [0.25, 0.3) is 0 Å². The number of pyridine rings is 1. The largest absolute Gasteiger partial charge is 0.481 e.